The highest BCUT2D eigenvalue weighted by Crippen LogP contribution is 2.36. The number of benzene rings is 2. The van der Waals surface area contributed by atoms with E-state index in [0.717, 1.165) is 16.4 Å². The van der Waals surface area contributed by atoms with Gasteiger partial charge in [-0.1, -0.05) is 23.2 Å². The summed E-state index contributed by atoms with van der Waals surface area (Å²) in [6.45, 7) is 0. The SMILES string of the molecule is CN(C)S(=O)(=O)c1cc(C(=O)Nc2ccc(Cl)c(C(F)(F)F)c2)ccc1Cl. The van der Waals surface area contributed by atoms with Crippen molar-refractivity contribution in [3.8, 4) is 0 Å². The molecule has 5 nitrogen and oxygen atoms in total. The molecule has 2 rings (SSSR count). The van der Waals surface area contributed by atoms with E-state index in [0.29, 0.717) is 6.07 Å². The molecule has 0 saturated carbocycles. The predicted molar refractivity (Wildman–Crippen MR) is 96.7 cm³/mol. The Labute approximate surface area is 163 Å². The smallest absolute Gasteiger partial charge is 0.322 e. The highest BCUT2D eigenvalue weighted by atomic mass is 35.5. The quantitative estimate of drug-likeness (QED) is 0.759. The Morgan fingerprint density at radius 2 is 1.63 bits per heavy atom. The summed E-state index contributed by atoms with van der Waals surface area (Å²) < 4.78 is 64.1. The average Bonchev–Trinajstić information content (AvgIpc) is 2.55. The molecule has 2 aromatic rings. The Hall–Kier alpha value is -1.81. The Morgan fingerprint density at radius 3 is 2.19 bits per heavy atom. The number of halogens is 5. The molecule has 0 spiro atoms. The molecule has 11 heteroatoms. The number of sulfonamides is 1. The van der Waals surface area contributed by atoms with Gasteiger partial charge in [0, 0.05) is 25.3 Å². The van der Waals surface area contributed by atoms with Crippen molar-refractivity contribution in [2.75, 3.05) is 19.4 Å². The summed E-state index contributed by atoms with van der Waals surface area (Å²) in [4.78, 5) is 12.0. The first-order chi connectivity index (χ1) is 12.3. The number of alkyl halides is 3. The first kappa shape index (κ1) is 21.5. The summed E-state index contributed by atoms with van der Waals surface area (Å²) >= 11 is 11.4. The number of nitrogens with zero attached hydrogens (tertiary/aromatic N) is 1. The van der Waals surface area contributed by atoms with Gasteiger partial charge in [-0.15, -0.1) is 0 Å². The van der Waals surface area contributed by atoms with Gasteiger partial charge in [0.25, 0.3) is 5.91 Å². The minimum absolute atomic E-state index is 0.0916. The summed E-state index contributed by atoms with van der Waals surface area (Å²) in [5.74, 6) is -0.808. The molecule has 0 fully saturated rings. The molecule has 1 amide bonds. The van der Waals surface area contributed by atoms with Crippen LogP contribution in [-0.2, 0) is 16.2 Å². The van der Waals surface area contributed by atoms with E-state index in [1.165, 1.54) is 32.3 Å². The summed E-state index contributed by atoms with van der Waals surface area (Å²) in [7, 11) is -1.32. The summed E-state index contributed by atoms with van der Waals surface area (Å²) in [5, 5.41) is 1.68. The summed E-state index contributed by atoms with van der Waals surface area (Å²) in [6, 6.07) is 6.41. The lowest BCUT2D eigenvalue weighted by Crippen LogP contribution is -2.23. The average molecular weight is 441 g/mol. The maximum atomic E-state index is 12.9. The zero-order chi connectivity index (χ0) is 20.6. The van der Waals surface area contributed by atoms with Crippen molar-refractivity contribution < 1.29 is 26.4 Å². The molecule has 0 aromatic heterocycles. The Balaban J connectivity index is 2.38. The van der Waals surface area contributed by atoms with Crippen molar-refractivity contribution >= 4 is 44.8 Å². The molecule has 0 aliphatic rings. The van der Waals surface area contributed by atoms with Crippen molar-refractivity contribution in [2.45, 2.75) is 11.1 Å². The van der Waals surface area contributed by atoms with Gasteiger partial charge in [0.05, 0.1) is 15.6 Å². The van der Waals surface area contributed by atoms with Crippen LogP contribution in [0.2, 0.25) is 10.0 Å². The fraction of sp³-hybridized carbons (Fsp3) is 0.188. The van der Waals surface area contributed by atoms with Crippen molar-refractivity contribution in [1.29, 1.82) is 0 Å². The molecular weight excluding hydrogens is 428 g/mol. The molecule has 0 radical (unpaired) electrons. The number of anilines is 1. The van der Waals surface area contributed by atoms with E-state index in [2.05, 4.69) is 5.32 Å². The molecular formula is C16H13Cl2F3N2O3S. The third-order valence-corrected chi connectivity index (χ3v) is 6.11. The van der Waals surface area contributed by atoms with Crippen LogP contribution in [-0.4, -0.2) is 32.7 Å². The van der Waals surface area contributed by atoms with Crippen LogP contribution in [0.3, 0.4) is 0 Å². The molecule has 0 unspecified atom stereocenters. The van der Waals surface area contributed by atoms with Crippen LogP contribution in [0.1, 0.15) is 15.9 Å². The van der Waals surface area contributed by atoms with Crippen LogP contribution in [0.4, 0.5) is 18.9 Å². The van der Waals surface area contributed by atoms with Gasteiger partial charge in [-0.3, -0.25) is 4.79 Å². The molecule has 0 bridgehead atoms. The van der Waals surface area contributed by atoms with E-state index in [9.17, 15) is 26.4 Å². The van der Waals surface area contributed by atoms with Gasteiger partial charge in [0.2, 0.25) is 10.0 Å². The third kappa shape index (κ3) is 4.73. The number of hydrogen-bond donors (Lipinski definition) is 1. The number of amides is 1. The second-order valence-corrected chi connectivity index (χ2v) is 8.51. The predicted octanol–water partition coefficient (Wildman–Crippen LogP) is 4.51. The zero-order valence-corrected chi connectivity index (χ0v) is 16.3. The summed E-state index contributed by atoms with van der Waals surface area (Å²) in [6.07, 6.45) is -4.69. The van der Waals surface area contributed by atoms with Crippen LogP contribution in [0.5, 0.6) is 0 Å². The van der Waals surface area contributed by atoms with Gasteiger partial charge >= 0.3 is 6.18 Å². The number of carbonyl (C=O) groups excluding carboxylic acids is 1. The van der Waals surface area contributed by atoms with E-state index in [-0.39, 0.29) is 21.2 Å². The van der Waals surface area contributed by atoms with Gasteiger partial charge < -0.3 is 5.32 Å². The first-order valence-corrected chi connectivity index (χ1v) is 9.44. The van der Waals surface area contributed by atoms with Crippen molar-refractivity contribution in [3.05, 3.63) is 57.6 Å². The molecule has 0 aliphatic heterocycles. The molecule has 1 N–H and O–H groups in total. The van der Waals surface area contributed by atoms with E-state index in [4.69, 9.17) is 23.2 Å². The number of nitrogens with one attached hydrogen (secondary N) is 1. The molecule has 0 atom stereocenters. The van der Waals surface area contributed by atoms with Crippen LogP contribution in [0.15, 0.2) is 41.3 Å². The van der Waals surface area contributed by atoms with E-state index < -0.39 is 32.7 Å². The van der Waals surface area contributed by atoms with Crippen LogP contribution >= 0.6 is 23.2 Å². The van der Waals surface area contributed by atoms with Crippen LogP contribution in [0.25, 0.3) is 0 Å². The monoisotopic (exact) mass is 440 g/mol. The van der Waals surface area contributed by atoms with Crippen molar-refractivity contribution in [1.82, 2.24) is 4.31 Å². The highest BCUT2D eigenvalue weighted by Gasteiger charge is 2.33. The molecule has 146 valence electrons. The molecule has 27 heavy (non-hydrogen) atoms. The number of rotatable bonds is 4. The van der Waals surface area contributed by atoms with Gasteiger partial charge in [0.1, 0.15) is 4.90 Å². The molecule has 0 saturated heterocycles. The topological polar surface area (TPSA) is 66.5 Å². The Morgan fingerprint density at radius 1 is 1.04 bits per heavy atom. The Kier molecular flexibility index (Phi) is 6.10. The van der Waals surface area contributed by atoms with E-state index in [1.54, 1.807) is 0 Å². The molecule has 0 heterocycles. The lowest BCUT2D eigenvalue weighted by atomic mass is 10.1. The number of carbonyl (C=O) groups is 1. The largest absolute Gasteiger partial charge is 0.417 e. The third-order valence-electron chi connectivity index (χ3n) is 3.48. The fourth-order valence-electron chi connectivity index (χ4n) is 2.06. The lowest BCUT2D eigenvalue weighted by Gasteiger charge is -2.14. The maximum absolute atomic E-state index is 12.9. The van der Waals surface area contributed by atoms with Gasteiger partial charge in [0.15, 0.2) is 0 Å². The van der Waals surface area contributed by atoms with Gasteiger partial charge in [-0.25, -0.2) is 12.7 Å². The lowest BCUT2D eigenvalue weighted by molar-refractivity contribution is -0.137. The zero-order valence-electron chi connectivity index (χ0n) is 13.9. The van der Waals surface area contributed by atoms with Crippen molar-refractivity contribution in [3.63, 3.8) is 0 Å². The highest BCUT2D eigenvalue weighted by molar-refractivity contribution is 7.89. The maximum Gasteiger partial charge on any atom is 0.417 e. The normalized spacial score (nSPS) is 12.3. The Bertz CT molecular complexity index is 993. The number of hydrogen-bond acceptors (Lipinski definition) is 3. The second kappa shape index (κ2) is 7.67. The molecule has 0 aliphatic carbocycles. The minimum atomic E-state index is -4.69. The standard InChI is InChI=1S/C16H13Cl2F3N2O3S/c1-23(2)27(25,26)14-7-9(3-5-13(14)18)15(24)22-10-4-6-12(17)11(8-10)16(19,20)21/h3-8H,1-2H3,(H,22,24). The molecule has 2 aromatic carbocycles. The first-order valence-electron chi connectivity index (χ1n) is 7.24. The summed E-state index contributed by atoms with van der Waals surface area (Å²) in [5.41, 5.74) is -1.35. The van der Waals surface area contributed by atoms with E-state index >= 15 is 0 Å². The van der Waals surface area contributed by atoms with Crippen LogP contribution < -0.4 is 5.32 Å². The van der Waals surface area contributed by atoms with Gasteiger partial charge in [-0.05, 0) is 36.4 Å². The van der Waals surface area contributed by atoms with Crippen LogP contribution in [0, 0.1) is 0 Å². The second-order valence-electron chi connectivity index (χ2n) is 5.58. The minimum Gasteiger partial charge on any atom is -0.322 e. The van der Waals surface area contributed by atoms with Crippen molar-refractivity contribution in [2.24, 2.45) is 0 Å². The fourth-order valence-corrected chi connectivity index (χ4v) is 3.68. The van der Waals surface area contributed by atoms with E-state index in [1.807, 2.05) is 0 Å². The van der Waals surface area contributed by atoms with Gasteiger partial charge in [-0.2, -0.15) is 13.2 Å².